The molecule has 3 unspecified atom stereocenters. The molecule has 0 radical (unpaired) electrons. The molecule has 0 aromatic rings. The van der Waals surface area contributed by atoms with Gasteiger partial charge in [0.1, 0.15) is 0 Å². The highest BCUT2D eigenvalue weighted by Gasteiger charge is 2.33. The molecule has 3 nitrogen and oxygen atoms in total. The molecule has 1 rings (SSSR count). The van der Waals surface area contributed by atoms with E-state index in [-0.39, 0.29) is 5.92 Å². The Morgan fingerprint density at radius 1 is 1.59 bits per heavy atom. The maximum absolute atomic E-state index is 10.6. The van der Waals surface area contributed by atoms with Crippen molar-refractivity contribution in [1.82, 2.24) is 0 Å². The number of rotatable bonds is 7. The van der Waals surface area contributed by atoms with E-state index in [1.807, 2.05) is 6.92 Å². The summed E-state index contributed by atoms with van der Waals surface area (Å²) < 4.78 is 0. The first-order chi connectivity index (χ1) is 8.10. The van der Waals surface area contributed by atoms with Gasteiger partial charge in [0.15, 0.2) is 0 Å². The van der Waals surface area contributed by atoms with Gasteiger partial charge in [-0.3, -0.25) is 0 Å². The molecule has 17 heavy (non-hydrogen) atoms. The van der Waals surface area contributed by atoms with Crippen LogP contribution in [0.15, 0.2) is 17.3 Å². The number of hydrogen-bond acceptors (Lipinski definition) is 3. The number of aliphatic hydroxyl groups is 1. The van der Waals surface area contributed by atoms with Crippen molar-refractivity contribution < 1.29 is 10.3 Å². The zero-order valence-corrected chi connectivity index (χ0v) is 11.0. The van der Waals surface area contributed by atoms with Crippen molar-refractivity contribution in [2.24, 2.45) is 17.0 Å². The maximum atomic E-state index is 10.6. The van der Waals surface area contributed by atoms with Crippen LogP contribution in [-0.4, -0.2) is 22.1 Å². The molecule has 1 aliphatic carbocycles. The van der Waals surface area contributed by atoms with Crippen LogP contribution in [0, 0.1) is 11.8 Å². The zero-order valence-electron chi connectivity index (χ0n) is 11.0. The molecule has 3 atom stereocenters. The minimum Gasteiger partial charge on any atom is -0.411 e. The fraction of sp³-hybridized carbons (Fsp3) is 0.786. The Balaban J connectivity index is 2.58. The normalized spacial score (nSPS) is 25.2. The predicted molar refractivity (Wildman–Crippen MR) is 70.4 cm³/mol. The van der Waals surface area contributed by atoms with Crippen LogP contribution in [0.1, 0.15) is 52.4 Å². The largest absolute Gasteiger partial charge is 0.411 e. The SMILES string of the molecule is CCCCC(/C=N/O)C(C)(O)CC1C=CCC1. The van der Waals surface area contributed by atoms with Crippen molar-refractivity contribution in [3.8, 4) is 0 Å². The third-order valence-electron chi connectivity index (χ3n) is 3.70. The van der Waals surface area contributed by atoms with Gasteiger partial charge in [-0.1, -0.05) is 31.9 Å². The van der Waals surface area contributed by atoms with E-state index in [9.17, 15) is 5.11 Å². The minimum atomic E-state index is -0.777. The molecule has 0 saturated heterocycles. The highest BCUT2D eigenvalue weighted by molar-refractivity contribution is 5.61. The van der Waals surface area contributed by atoms with E-state index in [1.54, 1.807) is 0 Å². The first-order valence-electron chi connectivity index (χ1n) is 6.66. The number of hydrogen-bond donors (Lipinski definition) is 2. The van der Waals surface area contributed by atoms with Gasteiger partial charge in [-0.05, 0) is 38.5 Å². The molecule has 0 aromatic heterocycles. The van der Waals surface area contributed by atoms with Crippen LogP contribution in [-0.2, 0) is 0 Å². The molecule has 0 fully saturated rings. The summed E-state index contributed by atoms with van der Waals surface area (Å²) in [4.78, 5) is 0. The third-order valence-corrected chi connectivity index (χ3v) is 3.70. The lowest BCUT2D eigenvalue weighted by atomic mass is 9.79. The summed E-state index contributed by atoms with van der Waals surface area (Å²) >= 11 is 0. The minimum absolute atomic E-state index is 0.0542. The summed E-state index contributed by atoms with van der Waals surface area (Å²) in [5.74, 6) is 0.419. The van der Waals surface area contributed by atoms with Crippen molar-refractivity contribution in [2.75, 3.05) is 0 Å². The van der Waals surface area contributed by atoms with Crippen LogP contribution >= 0.6 is 0 Å². The van der Waals surface area contributed by atoms with E-state index in [1.165, 1.54) is 6.21 Å². The molecule has 98 valence electrons. The van der Waals surface area contributed by atoms with Gasteiger partial charge in [-0.15, -0.1) is 5.16 Å². The Hall–Kier alpha value is -0.830. The Bertz CT molecular complexity index is 271. The van der Waals surface area contributed by atoms with Gasteiger partial charge in [0.05, 0.1) is 5.60 Å². The lowest BCUT2D eigenvalue weighted by Crippen LogP contribution is -2.37. The smallest absolute Gasteiger partial charge is 0.0703 e. The lowest BCUT2D eigenvalue weighted by molar-refractivity contribution is 0.00431. The molecule has 0 bridgehead atoms. The van der Waals surface area contributed by atoms with E-state index in [2.05, 4.69) is 24.2 Å². The average molecular weight is 239 g/mol. The van der Waals surface area contributed by atoms with Crippen LogP contribution in [0.5, 0.6) is 0 Å². The summed E-state index contributed by atoms with van der Waals surface area (Å²) in [7, 11) is 0. The lowest BCUT2D eigenvalue weighted by Gasteiger charge is -2.32. The summed E-state index contributed by atoms with van der Waals surface area (Å²) in [5, 5.41) is 22.4. The maximum Gasteiger partial charge on any atom is 0.0703 e. The van der Waals surface area contributed by atoms with E-state index in [4.69, 9.17) is 5.21 Å². The average Bonchev–Trinajstić information content (AvgIpc) is 2.75. The number of allylic oxidation sites excluding steroid dienone is 2. The highest BCUT2D eigenvalue weighted by Crippen LogP contribution is 2.32. The molecule has 0 spiro atoms. The van der Waals surface area contributed by atoms with Gasteiger partial charge in [-0.2, -0.15) is 0 Å². The number of oxime groups is 1. The second kappa shape index (κ2) is 6.80. The van der Waals surface area contributed by atoms with Gasteiger partial charge in [0, 0.05) is 12.1 Å². The van der Waals surface area contributed by atoms with Crippen LogP contribution in [0.25, 0.3) is 0 Å². The van der Waals surface area contributed by atoms with Gasteiger partial charge in [0.25, 0.3) is 0 Å². The molecule has 0 heterocycles. The van der Waals surface area contributed by atoms with E-state index < -0.39 is 5.60 Å². The monoisotopic (exact) mass is 239 g/mol. The van der Waals surface area contributed by atoms with Crippen molar-refractivity contribution in [1.29, 1.82) is 0 Å². The first kappa shape index (κ1) is 14.2. The first-order valence-corrected chi connectivity index (χ1v) is 6.66. The van der Waals surface area contributed by atoms with E-state index >= 15 is 0 Å². The van der Waals surface area contributed by atoms with Crippen LogP contribution < -0.4 is 0 Å². The second-order valence-electron chi connectivity index (χ2n) is 5.34. The van der Waals surface area contributed by atoms with Crippen LogP contribution in [0.3, 0.4) is 0 Å². The van der Waals surface area contributed by atoms with Crippen LogP contribution in [0.2, 0.25) is 0 Å². The zero-order chi connectivity index (χ0) is 12.7. The standard InChI is InChI=1S/C14H25NO2/c1-3-4-9-13(11-15-17)14(2,16)10-12-7-5-6-8-12/h5,7,11-13,16-17H,3-4,6,8-10H2,1-2H3/b15-11+. The van der Waals surface area contributed by atoms with Crippen molar-refractivity contribution in [2.45, 2.75) is 58.0 Å². The molecule has 3 heteroatoms. The van der Waals surface area contributed by atoms with Gasteiger partial charge >= 0.3 is 0 Å². The Labute approximate surface area is 104 Å². The Kier molecular flexibility index (Phi) is 5.69. The van der Waals surface area contributed by atoms with Crippen molar-refractivity contribution in [3.63, 3.8) is 0 Å². The molecule has 0 aromatic carbocycles. The third kappa shape index (κ3) is 4.50. The molecule has 0 amide bonds. The van der Waals surface area contributed by atoms with Crippen molar-refractivity contribution in [3.05, 3.63) is 12.2 Å². The van der Waals surface area contributed by atoms with Gasteiger partial charge in [-0.25, -0.2) is 0 Å². The summed E-state index contributed by atoms with van der Waals surface area (Å²) in [5.41, 5.74) is -0.777. The molecule has 1 aliphatic rings. The molecule has 2 N–H and O–H groups in total. The molecule has 0 saturated carbocycles. The fourth-order valence-corrected chi connectivity index (χ4v) is 2.60. The molecular weight excluding hydrogens is 214 g/mol. The summed E-state index contributed by atoms with van der Waals surface area (Å²) in [6, 6.07) is 0. The molecular formula is C14H25NO2. The predicted octanol–water partition coefficient (Wildman–Crippen LogP) is 3.36. The number of unbranched alkanes of at least 4 members (excludes halogenated alkanes) is 1. The van der Waals surface area contributed by atoms with Crippen molar-refractivity contribution >= 4 is 6.21 Å². The van der Waals surface area contributed by atoms with Crippen LogP contribution in [0.4, 0.5) is 0 Å². The van der Waals surface area contributed by atoms with Gasteiger partial charge < -0.3 is 10.3 Å². The van der Waals surface area contributed by atoms with Gasteiger partial charge in [0.2, 0.25) is 0 Å². The molecule has 0 aliphatic heterocycles. The summed E-state index contributed by atoms with van der Waals surface area (Å²) in [6.45, 7) is 3.99. The van der Waals surface area contributed by atoms with E-state index in [0.29, 0.717) is 5.92 Å². The Morgan fingerprint density at radius 2 is 2.35 bits per heavy atom. The Morgan fingerprint density at radius 3 is 2.88 bits per heavy atom. The topological polar surface area (TPSA) is 52.8 Å². The second-order valence-corrected chi connectivity index (χ2v) is 5.34. The quantitative estimate of drug-likeness (QED) is 0.310. The summed E-state index contributed by atoms with van der Waals surface area (Å²) in [6.07, 6.45) is 11.9. The number of nitrogens with zero attached hydrogens (tertiary/aromatic N) is 1. The highest BCUT2D eigenvalue weighted by atomic mass is 16.4. The van der Waals surface area contributed by atoms with E-state index in [0.717, 1.165) is 38.5 Å². The fourth-order valence-electron chi connectivity index (χ4n) is 2.60.